The van der Waals surface area contributed by atoms with Crippen LogP contribution in [0.15, 0.2) is 42.5 Å². The number of fused-ring (bicyclic) bond motifs is 3. The van der Waals surface area contributed by atoms with Gasteiger partial charge in [0.2, 0.25) is 5.91 Å². The highest BCUT2D eigenvalue weighted by Gasteiger charge is 2.29. The molecule has 0 aliphatic carbocycles. The summed E-state index contributed by atoms with van der Waals surface area (Å²) in [7, 11) is 1.62. The van der Waals surface area contributed by atoms with Crippen molar-refractivity contribution in [3.63, 3.8) is 0 Å². The number of likely N-dealkylation sites (N-methyl/N-ethyl adjacent to an activating group) is 1. The average Bonchev–Trinajstić information content (AvgIpc) is 2.51. The molecule has 1 heterocycles. The average molecular weight is 256 g/mol. The van der Waals surface area contributed by atoms with Gasteiger partial charge in [-0.15, -0.1) is 0 Å². The Morgan fingerprint density at radius 3 is 2.68 bits per heavy atom. The van der Waals surface area contributed by atoms with Crippen molar-refractivity contribution in [2.24, 2.45) is 5.73 Å². The quantitative estimate of drug-likeness (QED) is 0.787. The van der Waals surface area contributed by atoms with Gasteiger partial charge in [0.25, 0.3) is 0 Å². The van der Waals surface area contributed by atoms with Gasteiger partial charge in [-0.05, 0) is 29.3 Å². The smallest absolute Gasteiger partial charge is 0.248 e. The molecule has 0 bridgehead atoms. The van der Waals surface area contributed by atoms with Crippen LogP contribution in [0.1, 0.15) is 11.6 Å². The summed E-state index contributed by atoms with van der Waals surface area (Å²) in [6.45, 7) is 0. The number of hydrogen-bond donors (Lipinski definition) is 1. The molecule has 2 N–H and O–H groups in total. The first kappa shape index (κ1) is 11.9. The zero-order valence-corrected chi connectivity index (χ0v) is 10.4. The molecule has 4 heteroatoms. The van der Waals surface area contributed by atoms with E-state index in [0.717, 1.165) is 16.7 Å². The van der Waals surface area contributed by atoms with Gasteiger partial charge < -0.3 is 10.6 Å². The highest BCUT2D eigenvalue weighted by atomic mass is 19.1. The molecular weight excluding hydrogens is 243 g/mol. The van der Waals surface area contributed by atoms with Gasteiger partial charge >= 0.3 is 0 Å². The number of amides is 1. The highest BCUT2D eigenvalue weighted by Crippen LogP contribution is 2.39. The minimum atomic E-state index is -0.725. The summed E-state index contributed by atoms with van der Waals surface area (Å²) in [5, 5.41) is 0. The Balaban J connectivity index is 2.36. The van der Waals surface area contributed by atoms with E-state index in [-0.39, 0.29) is 11.7 Å². The predicted molar refractivity (Wildman–Crippen MR) is 72.2 cm³/mol. The zero-order valence-electron chi connectivity index (χ0n) is 10.4. The van der Waals surface area contributed by atoms with E-state index in [1.807, 2.05) is 24.3 Å². The monoisotopic (exact) mass is 256 g/mol. The zero-order chi connectivity index (χ0) is 13.6. The topological polar surface area (TPSA) is 46.3 Å². The Hall–Kier alpha value is -2.20. The highest BCUT2D eigenvalue weighted by molar-refractivity contribution is 6.04. The van der Waals surface area contributed by atoms with Crippen molar-refractivity contribution in [2.45, 2.75) is 6.04 Å². The largest absolute Gasteiger partial charge is 0.316 e. The molecule has 96 valence electrons. The Labute approximate surface area is 110 Å². The molecule has 1 unspecified atom stereocenters. The molecule has 0 saturated heterocycles. The van der Waals surface area contributed by atoms with Crippen LogP contribution < -0.4 is 10.6 Å². The molecule has 1 aliphatic rings. The Kier molecular flexibility index (Phi) is 2.61. The SMILES string of the molecule is CN1C(=O)C(N)c2ccccc2-c2ccc(F)cc21. The summed E-state index contributed by atoms with van der Waals surface area (Å²) in [5.74, 6) is -0.608. The lowest BCUT2D eigenvalue weighted by atomic mass is 9.96. The third kappa shape index (κ3) is 1.72. The maximum atomic E-state index is 13.4. The van der Waals surface area contributed by atoms with E-state index in [1.165, 1.54) is 17.0 Å². The number of benzene rings is 2. The molecule has 1 aliphatic heterocycles. The lowest BCUT2D eigenvalue weighted by molar-refractivity contribution is -0.119. The lowest BCUT2D eigenvalue weighted by Crippen LogP contribution is -2.34. The second kappa shape index (κ2) is 4.17. The minimum Gasteiger partial charge on any atom is -0.316 e. The van der Waals surface area contributed by atoms with Crippen molar-refractivity contribution in [1.29, 1.82) is 0 Å². The van der Waals surface area contributed by atoms with Gasteiger partial charge in [-0.3, -0.25) is 4.79 Å². The third-order valence-corrected chi connectivity index (χ3v) is 3.50. The Morgan fingerprint density at radius 1 is 1.16 bits per heavy atom. The molecule has 0 radical (unpaired) electrons. The van der Waals surface area contributed by atoms with Crippen molar-refractivity contribution in [2.75, 3.05) is 11.9 Å². The van der Waals surface area contributed by atoms with E-state index in [0.29, 0.717) is 5.69 Å². The van der Waals surface area contributed by atoms with E-state index in [1.54, 1.807) is 13.1 Å². The number of carbonyl (C=O) groups is 1. The van der Waals surface area contributed by atoms with Gasteiger partial charge in [0.05, 0.1) is 5.69 Å². The van der Waals surface area contributed by atoms with Crippen LogP contribution in [0.25, 0.3) is 11.1 Å². The van der Waals surface area contributed by atoms with E-state index in [2.05, 4.69) is 0 Å². The first-order chi connectivity index (χ1) is 9.09. The van der Waals surface area contributed by atoms with Crippen LogP contribution in [0.2, 0.25) is 0 Å². The van der Waals surface area contributed by atoms with Gasteiger partial charge in [-0.25, -0.2) is 4.39 Å². The predicted octanol–water partition coefficient (Wildman–Crippen LogP) is 2.47. The number of anilines is 1. The van der Waals surface area contributed by atoms with Crippen LogP contribution in [0.5, 0.6) is 0 Å². The molecule has 2 aromatic rings. The van der Waals surface area contributed by atoms with Crippen LogP contribution in [0.3, 0.4) is 0 Å². The molecule has 3 rings (SSSR count). The number of nitrogens with zero attached hydrogens (tertiary/aromatic N) is 1. The van der Waals surface area contributed by atoms with Crippen molar-refractivity contribution < 1.29 is 9.18 Å². The van der Waals surface area contributed by atoms with Gasteiger partial charge in [-0.1, -0.05) is 24.3 Å². The summed E-state index contributed by atoms with van der Waals surface area (Å²) in [5.41, 5.74) is 9.03. The molecule has 3 nitrogen and oxygen atoms in total. The molecule has 1 atom stereocenters. The van der Waals surface area contributed by atoms with Crippen LogP contribution in [-0.4, -0.2) is 13.0 Å². The molecular formula is C15H13FN2O. The van der Waals surface area contributed by atoms with Crippen molar-refractivity contribution in [3.8, 4) is 11.1 Å². The molecule has 0 fully saturated rings. The van der Waals surface area contributed by atoms with E-state index >= 15 is 0 Å². The van der Waals surface area contributed by atoms with Crippen molar-refractivity contribution in [3.05, 3.63) is 53.8 Å². The fourth-order valence-corrected chi connectivity index (χ4v) is 2.48. The molecule has 19 heavy (non-hydrogen) atoms. The van der Waals surface area contributed by atoms with E-state index in [9.17, 15) is 9.18 Å². The molecule has 0 saturated carbocycles. The van der Waals surface area contributed by atoms with Crippen LogP contribution in [-0.2, 0) is 4.79 Å². The first-order valence-corrected chi connectivity index (χ1v) is 6.01. The summed E-state index contributed by atoms with van der Waals surface area (Å²) < 4.78 is 13.4. The van der Waals surface area contributed by atoms with Crippen LogP contribution in [0.4, 0.5) is 10.1 Å². The third-order valence-electron chi connectivity index (χ3n) is 3.50. The minimum absolute atomic E-state index is 0.239. The first-order valence-electron chi connectivity index (χ1n) is 6.01. The number of rotatable bonds is 0. The fourth-order valence-electron chi connectivity index (χ4n) is 2.48. The molecule has 2 aromatic carbocycles. The maximum Gasteiger partial charge on any atom is 0.248 e. The number of carbonyl (C=O) groups excluding carboxylic acids is 1. The van der Waals surface area contributed by atoms with Gasteiger partial charge in [0.1, 0.15) is 11.9 Å². The van der Waals surface area contributed by atoms with Crippen molar-refractivity contribution in [1.82, 2.24) is 0 Å². The fraction of sp³-hybridized carbons (Fsp3) is 0.133. The summed E-state index contributed by atoms with van der Waals surface area (Å²) >= 11 is 0. The van der Waals surface area contributed by atoms with Gasteiger partial charge in [0.15, 0.2) is 0 Å². The van der Waals surface area contributed by atoms with Crippen LogP contribution >= 0.6 is 0 Å². The molecule has 0 aromatic heterocycles. The lowest BCUT2D eigenvalue weighted by Gasteiger charge is -2.19. The Morgan fingerprint density at radius 2 is 1.89 bits per heavy atom. The summed E-state index contributed by atoms with van der Waals surface area (Å²) in [6.07, 6.45) is 0. The van der Waals surface area contributed by atoms with Gasteiger partial charge in [-0.2, -0.15) is 0 Å². The number of halogens is 1. The second-order valence-corrected chi connectivity index (χ2v) is 4.62. The maximum absolute atomic E-state index is 13.4. The molecule has 1 amide bonds. The van der Waals surface area contributed by atoms with E-state index < -0.39 is 6.04 Å². The normalized spacial score (nSPS) is 17.7. The van der Waals surface area contributed by atoms with Crippen molar-refractivity contribution >= 4 is 11.6 Å². The Bertz CT molecular complexity index is 669. The summed E-state index contributed by atoms with van der Waals surface area (Å²) in [6, 6.07) is 11.2. The van der Waals surface area contributed by atoms with E-state index in [4.69, 9.17) is 5.73 Å². The number of hydrogen-bond acceptors (Lipinski definition) is 2. The van der Waals surface area contributed by atoms with Crippen LogP contribution in [0, 0.1) is 5.82 Å². The summed E-state index contributed by atoms with van der Waals surface area (Å²) in [4.78, 5) is 13.7. The standard InChI is InChI=1S/C15H13FN2O/c1-18-13-8-9(16)6-7-11(13)10-4-2-3-5-12(10)14(17)15(18)19/h2-8,14H,17H2,1H3. The number of nitrogens with two attached hydrogens (primary N) is 1. The molecule has 0 spiro atoms. The van der Waals surface area contributed by atoms with Gasteiger partial charge in [0, 0.05) is 12.6 Å². The second-order valence-electron chi connectivity index (χ2n) is 4.62.